The van der Waals surface area contributed by atoms with Crippen molar-refractivity contribution in [2.45, 2.75) is 64.1 Å². The first kappa shape index (κ1) is 13.8. The molecule has 4 atom stereocenters. The van der Waals surface area contributed by atoms with Gasteiger partial charge in [-0.3, -0.25) is 4.79 Å². The molecule has 0 aromatic carbocycles. The van der Waals surface area contributed by atoms with Crippen molar-refractivity contribution in [1.82, 2.24) is 10.6 Å². The first-order valence-corrected chi connectivity index (χ1v) is 7.31. The van der Waals surface area contributed by atoms with Crippen molar-refractivity contribution in [2.75, 3.05) is 13.2 Å². The van der Waals surface area contributed by atoms with Gasteiger partial charge in [-0.05, 0) is 45.1 Å². The maximum atomic E-state index is 12.0. The van der Waals surface area contributed by atoms with E-state index in [-0.39, 0.29) is 18.1 Å². The molecule has 4 unspecified atom stereocenters. The maximum Gasteiger partial charge on any atom is 0.221 e. The summed E-state index contributed by atoms with van der Waals surface area (Å²) in [6.45, 7) is 6.16. The molecule has 2 fully saturated rings. The van der Waals surface area contributed by atoms with Crippen molar-refractivity contribution in [2.24, 2.45) is 5.92 Å². The van der Waals surface area contributed by atoms with Gasteiger partial charge in [0.05, 0.1) is 12.1 Å². The van der Waals surface area contributed by atoms with Gasteiger partial charge in [-0.2, -0.15) is 0 Å². The third-order valence-corrected chi connectivity index (χ3v) is 4.25. The van der Waals surface area contributed by atoms with Gasteiger partial charge in [0.25, 0.3) is 0 Å². The second-order valence-corrected chi connectivity index (χ2v) is 5.79. The Bertz CT molecular complexity index is 277. The highest BCUT2D eigenvalue weighted by molar-refractivity contribution is 5.77. The summed E-state index contributed by atoms with van der Waals surface area (Å²) in [5.74, 6) is 0.756. The molecular weight excluding hydrogens is 228 g/mol. The highest BCUT2D eigenvalue weighted by Crippen LogP contribution is 2.19. The monoisotopic (exact) mass is 254 g/mol. The normalized spacial score (nSPS) is 34.2. The minimum atomic E-state index is 0.138. The molecule has 0 aromatic rings. The van der Waals surface area contributed by atoms with Gasteiger partial charge >= 0.3 is 0 Å². The second kappa shape index (κ2) is 6.53. The largest absolute Gasteiger partial charge is 0.376 e. The predicted molar refractivity (Wildman–Crippen MR) is 71.4 cm³/mol. The number of hydrogen-bond acceptors (Lipinski definition) is 3. The van der Waals surface area contributed by atoms with Crippen molar-refractivity contribution in [3.05, 3.63) is 0 Å². The molecular formula is C14H26N2O2. The standard InChI is InChI=1S/C14H26N2O2/c1-10-5-3-7-15-12(10)9-14(17)16-11(2)13-6-4-8-18-13/h10-13,15H,3-9H2,1-2H3,(H,16,17). The van der Waals surface area contributed by atoms with Crippen molar-refractivity contribution in [1.29, 1.82) is 0 Å². The zero-order valence-electron chi connectivity index (χ0n) is 11.6. The molecule has 0 radical (unpaired) electrons. The van der Waals surface area contributed by atoms with Crippen LogP contribution in [-0.2, 0) is 9.53 Å². The average Bonchev–Trinajstić information content (AvgIpc) is 2.85. The van der Waals surface area contributed by atoms with Gasteiger partial charge in [0.15, 0.2) is 0 Å². The molecule has 0 aromatic heterocycles. The second-order valence-electron chi connectivity index (χ2n) is 5.79. The van der Waals surface area contributed by atoms with Gasteiger partial charge < -0.3 is 15.4 Å². The molecule has 2 heterocycles. The molecule has 1 amide bonds. The van der Waals surface area contributed by atoms with E-state index in [0.717, 1.165) is 26.0 Å². The number of ether oxygens (including phenoxy) is 1. The lowest BCUT2D eigenvalue weighted by Gasteiger charge is -2.30. The number of rotatable bonds is 4. The maximum absolute atomic E-state index is 12.0. The quantitative estimate of drug-likeness (QED) is 0.798. The molecule has 104 valence electrons. The molecule has 2 N–H and O–H groups in total. The van der Waals surface area contributed by atoms with E-state index in [0.29, 0.717) is 18.4 Å². The topological polar surface area (TPSA) is 50.4 Å². The van der Waals surface area contributed by atoms with Crippen LogP contribution in [0.4, 0.5) is 0 Å². The van der Waals surface area contributed by atoms with E-state index >= 15 is 0 Å². The molecule has 2 saturated heterocycles. The Labute approximate surface area is 110 Å². The lowest BCUT2D eigenvalue weighted by molar-refractivity contribution is -0.123. The Kier molecular flexibility index (Phi) is 5.01. The van der Waals surface area contributed by atoms with Crippen molar-refractivity contribution >= 4 is 5.91 Å². The van der Waals surface area contributed by atoms with Crippen LogP contribution in [0.5, 0.6) is 0 Å². The van der Waals surface area contributed by atoms with Crippen LogP contribution in [0.3, 0.4) is 0 Å². The zero-order valence-corrected chi connectivity index (χ0v) is 11.6. The Morgan fingerprint density at radius 3 is 2.94 bits per heavy atom. The minimum Gasteiger partial charge on any atom is -0.376 e. The van der Waals surface area contributed by atoms with E-state index in [2.05, 4.69) is 17.6 Å². The predicted octanol–water partition coefficient (Wildman–Crippen LogP) is 1.45. The molecule has 0 aliphatic carbocycles. The third kappa shape index (κ3) is 3.69. The van der Waals surface area contributed by atoms with Crippen molar-refractivity contribution < 1.29 is 9.53 Å². The van der Waals surface area contributed by atoms with Gasteiger partial charge in [0.1, 0.15) is 0 Å². The summed E-state index contributed by atoms with van der Waals surface area (Å²) in [5, 5.41) is 6.54. The number of carbonyl (C=O) groups is 1. The van der Waals surface area contributed by atoms with Crippen molar-refractivity contribution in [3.63, 3.8) is 0 Å². The molecule has 0 bridgehead atoms. The first-order chi connectivity index (χ1) is 8.66. The molecule has 18 heavy (non-hydrogen) atoms. The SMILES string of the molecule is CC1CCCNC1CC(=O)NC(C)C1CCCO1. The number of piperidine rings is 1. The molecule has 0 spiro atoms. The molecule has 2 aliphatic heterocycles. The van der Waals surface area contributed by atoms with Crippen LogP contribution < -0.4 is 10.6 Å². The van der Waals surface area contributed by atoms with Gasteiger partial charge in [-0.25, -0.2) is 0 Å². The molecule has 2 rings (SSSR count). The van der Waals surface area contributed by atoms with E-state index in [1.54, 1.807) is 0 Å². The van der Waals surface area contributed by atoms with Crippen LogP contribution in [0.15, 0.2) is 0 Å². The molecule has 2 aliphatic rings. The van der Waals surface area contributed by atoms with Crippen LogP contribution in [0.2, 0.25) is 0 Å². The highest BCUT2D eigenvalue weighted by atomic mass is 16.5. The Morgan fingerprint density at radius 1 is 1.44 bits per heavy atom. The fourth-order valence-corrected chi connectivity index (χ4v) is 2.99. The number of nitrogens with one attached hydrogen (secondary N) is 2. The van der Waals surface area contributed by atoms with Crippen LogP contribution in [0.1, 0.15) is 46.0 Å². The molecule has 4 nitrogen and oxygen atoms in total. The summed E-state index contributed by atoms with van der Waals surface area (Å²) in [4.78, 5) is 12.0. The van der Waals surface area contributed by atoms with Crippen molar-refractivity contribution in [3.8, 4) is 0 Å². The number of hydrogen-bond donors (Lipinski definition) is 2. The fraction of sp³-hybridized carbons (Fsp3) is 0.929. The summed E-state index contributed by atoms with van der Waals surface area (Å²) in [6, 6.07) is 0.481. The third-order valence-electron chi connectivity index (χ3n) is 4.25. The van der Waals surface area contributed by atoms with E-state index < -0.39 is 0 Å². The van der Waals surface area contributed by atoms with Crippen LogP contribution >= 0.6 is 0 Å². The van der Waals surface area contributed by atoms with Gasteiger partial charge in [0.2, 0.25) is 5.91 Å². The van der Waals surface area contributed by atoms with E-state index in [1.807, 2.05) is 6.92 Å². The number of carbonyl (C=O) groups excluding carboxylic acids is 1. The summed E-state index contributed by atoms with van der Waals surface area (Å²) in [7, 11) is 0. The lowest BCUT2D eigenvalue weighted by Crippen LogP contribution is -2.47. The highest BCUT2D eigenvalue weighted by Gasteiger charge is 2.26. The Morgan fingerprint density at radius 2 is 2.28 bits per heavy atom. The fourth-order valence-electron chi connectivity index (χ4n) is 2.99. The van der Waals surface area contributed by atoms with Gasteiger partial charge in [-0.15, -0.1) is 0 Å². The minimum absolute atomic E-state index is 0.138. The van der Waals surface area contributed by atoms with E-state index in [1.165, 1.54) is 12.8 Å². The summed E-state index contributed by atoms with van der Waals surface area (Å²) in [5.41, 5.74) is 0. The number of amides is 1. The summed E-state index contributed by atoms with van der Waals surface area (Å²) < 4.78 is 5.60. The Hall–Kier alpha value is -0.610. The van der Waals surface area contributed by atoms with Crippen LogP contribution in [-0.4, -0.2) is 37.2 Å². The van der Waals surface area contributed by atoms with Crippen LogP contribution in [0, 0.1) is 5.92 Å². The Balaban J connectivity index is 1.73. The smallest absolute Gasteiger partial charge is 0.221 e. The van der Waals surface area contributed by atoms with Gasteiger partial charge in [0, 0.05) is 19.1 Å². The zero-order chi connectivity index (χ0) is 13.0. The molecule has 4 heteroatoms. The lowest BCUT2D eigenvalue weighted by atomic mass is 9.90. The van der Waals surface area contributed by atoms with Gasteiger partial charge in [-0.1, -0.05) is 6.92 Å². The van der Waals surface area contributed by atoms with Crippen LogP contribution in [0.25, 0.3) is 0 Å². The summed E-state index contributed by atoms with van der Waals surface area (Å²) >= 11 is 0. The first-order valence-electron chi connectivity index (χ1n) is 7.31. The van der Waals surface area contributed by atoms with E-state index in [4.69, 9.17) is 4.74 Å². The molecule has 0 saturated carbocycles. The average molecular weight is 254 g/mol. The summed E-state index contributed by atoms with van der Waals surface area (Å²) in [6.07, 6.45) is 5.45. The van der Waals surface area contributed by atoms with E-state index in [9.17, 15) is 4.79 Å².